The van der Waals surface area contributed by atoms with Gasteiger partial charge in [-0.2, -0.15) is 0 Å². The van der Waals surface area contributed by atoms with E-state index in [1.165, 1.54) is 9.35 Å². The first kappa shape index (κ1) is 13.9. The van der Waals surface area contributed by atoms with Crippen molar-refractivity contribution in [1.82, 2.24) is 9.88 Å². The van der Waals surface area contributed by atoms with E-state index in [9.17, 15) is 0 Å². The molecule has 1 aliphatic heterocycles. The molecule has 0 radical (unpaired) electrons. The third-order valence-corrected chi connectivity index (χ3v) is 5.19. The molecule has 0 saturated carbocycles. The Morgan fingerprint density at radius 3 is 2.65 bits per heavy atom. The molecule has 6 heteroatoms. The van der Waals surface area contributed by atoms with Crippen LogP contribution in [0.4, 0.5) is 11.5 Å². The molecule has 0 aromatic carbocycles. The molecule has 0 spiro atoms. The normalized spacial score (nSPS) is 16.6. The van der Waals surface area contributed by atoms with E-state index in [1.807, 2.05) is 29.7 Å². The van der Waals surface area contributed by atoms with Crippen LogP contribution in [0.5, 0.6) is 0 Å². The van der Waals surface area contributed by atoms with Crippen LogP contribution in [-0.4, -0.2) is 36.1 Å². The lowest BCUT2D eigenvalue weighted by Crippen LogP contribution is -2.45. The van der Waals surface area contributed by atoms with Gasteiger partial charge < -0.3 is 10.6 Å². The molecular formula is C14H17BrN4S. The summed E-state index contributed by atoms with van der Waals surface area (Å²) in [4.78, 5) is 10.4. The van der Waals surface area contributed by atoms with Crippen molar-refractivity contribution in [3.8, 4) is 0 Å². The Bertz CT molecular complexity index is 561. The van der Waals surface area contributed by atoms with Crippen LogP contribution in [0.15, 0.2) is 34.2 Å². The smallest absolute Gasteiger partial charge is 0.123 e. The Balaban J connectivity index is 1.55. The van der Waals surface area contributed by atoms with E-state index in [-0.39, 0.29) is 0 Å². The van der Waals surface area contributed by atoms with Crippen LogP contribution in [0, 0.1) is 0 Å². The second kappa shape index (κ2) is 6.11. The Labute approximate surface area is 131 Å². The lowest BCUT2D eigenvalue weighted by molar-refractivity contribution is 0.252. The van der Waals surface area contributed by atoms with Crippen LogP contribution in [0.3, 0.4) is 0 Å². The number of rotatable bonds is 3. The Hall–Kier alpha value is -1.11. The minimum atomic E-state index is 0.579. The van der Waals surface area contributed by atoms with Gasteiger partial charge in [0.25, 0.3) is 0 Å². The summed E-state index contributed by atoms with van der Waals surface area (Å²) in [5.74, 6) is 0.579. The minimum Gasteiger partial charge on any atom is -0.384 e. The lowest BCUT2D eigenvalue weighted by atomic mass is 10.2. The van der Waals surface area contributed by atoms with Crippen LogP contribution < -0.4 is 10.6 Å². The number of hydrogen-bond donors (Lipinski definition) is 1. The predicted octanol–water partition coefficient (Wildman–Crippen LogP) is 2.81. The van der Waals surface area contributed by atoms with E-state index in [1.54, 1.807) is 0 Å². The molecule has 1 aliphatic rings. The van der Waals surface area contributed by atoms with Crippen molar-refractivity contribution < 1.29 is 0 Å². The molecule has 3 rings (SSSR count). The van der Waals surface area contributed by atoms with Crippen molar-refractivity contribution in [1.29, 1.82) is 0 Å². The summed E-state index contributed by atoms with van der Waals surface area (Å²) >= 11 is 5.33. The first-order chi connectivity index (χ1) is 9.70. The largest absolute Gasteiger partial charge is 0.384 e. The van der Waals surface area contributed by atoms with E-state index >= 15 is 0 Å². The molecule has 1 saturated heterocycles. The Kier molecular flexibility index (Phi) is 4.24. The Morgan fingerprint density at radius 2 is 2.05 bits per heavy atom. The SMILES string of the molecule is Nc1ccc(N2CCN(Cc3cc(Br)cs3)CC2)cn1. The number of halogens is 1. The first-order valence-corrected chi connectivity index (χ1v) is 8.30. The third-order valence-electron chi connectivity index (χ3n) is 3.51. The summed E-state index contributed by atoms with van der Waals surface area (Å²) in [5.41, 5.74) is 6.79. The minimum absolute atomic E-state index is 0.579. The van der Waals surface area contributed by atoms with Crippen molar-refractivity contribution in [3.05, 3.63) is 39.1 Å². The molecule has 20 heavy (non-hydrogen) atoms. The van der Waals surface area contributed by atoms with Crippen LogP contribution in [0.1, 0.15) is 4.88 Å². The van der Waals surface area contributed by atoms with Gasteiger partial charge >= 0.3 is 0 Å². The number of nitrogen functional groups attached to an aromatic ring is 1. The zero-order chi connectivity index (χ0) is 13.9. The number of anilines is 2. The van der Waals surface area contributed by atoms with Gasteiger partial charge in [-0.05, 0) is 34.1 Å². The molecule has 0 unspecified atom stereocenters. The first-order valence-electron chi connectivity index (χ1n) is 6.62. The number of nitrogens with zero attached hydrogens (tertiary/aromatic N) is 3. The van der Waals surface area contributed by atoms with Crippen LogP contribution in [0.25, 0.3) is 0 Å². The topological polar surface area (TPSA) is 45.4 Å². The highest BCUT2D eigenvalue weighted by Gasteiger charge is 2.17. The average Bonchev–Trinajstić information content (AvgIpc) is 2.86. The molecule has 2 aromatic rings. The predicted molar refractivity (Wildman–Crippen MR) is 88.2 cm³/mol. The maximum absolute atomic E-state index is 5.63. The number of piperazine rings is 1. The molecule has 2 aromatic heterocycles. The van der Waals surface area contributed by atoms with E-state index < -0.39 is 0 Å². The monoisotopic (exact) mass is 352 g/mol. The fourth-order valence-corrected chi connectivity index (χ4v) is 3.90. The molecule has 106 valence electrons. The number of hydrogen-bond acceptors (Lipinski definition) is 5. The highest BCUT2D eigenvalue weighted by molar-refractivity contribution is 9.10. The molecule has 0 bridgehead atoms. The fourth-order valence-electron chi connectivity index (χ4n) is 2.41. The highest BCUT2D eigenvalue weighted by atomic mass is 79.9. The van der Waals surface area contributed by atoms with Gasteiger partial charge in [0, 0.05) is 47.5 Å². The number of pyridine rings is 1. The summed E-state index contributed by atoms with van der Waals surface area (Å²) in [7, 11) is 0. The van der Waals surface area contributed by atoms with E-state index in [0.29, 0.717) is 5.82 Å². The second-order valence-corrected chi connectivity index (χ2v) is 6.85. The van der Waals surface area contributed by atoms with Gasteiger partial charge in [-0.25, -0.2) is 4.98 Å². The van der Waals surface area contributed by atoms with Crippen molar-refractivity contribution in [2.24, 2.45) is 0 Å². The maximum Gasteiger partial charge on any atom is 0.123 e. The summed E-state index contributed by atoms with van der Waals surface area (Å²) < 4.78 is 1.18. The summed E-state index contributed by atoms with van der Waals surface area (Å²) in [6.07, 6.45) is 1.86. The highest BCUT2D eigenvalue weighted by Crippen LogP contribution is 2.22. The van der Waals surface area contributed by atoms with Crippen molar-refractivity contribution >= 4 is 38.8 Å². The van der Waals surface area contributed by atoms with Crippen molar-refractivity contribution in [2.45, 2.75) is 6.54 Å². The number of aromatic nitrogens is 1. The van der Waals surface area contributed by atoms with E-state index in [0.717, 1.165) is 38.4 Å². The lowest BCUT2D eigenvalue weighted by Gasteiger charge is -2.35. The van der Waals surface area contributed by atoms with Gasteiger partial charge in [0.1, 0.15) is 5.82 Å². The fraction of sp³-hybridized carbons (Fsp3) is 0.357. The third kappa shape index (κ3) is 3.31. The number of thiophene rings is 1. The van der Waals surface area contributed by atoms with Crippen LogP contribution >= 0.6 is 27.3 Å². The van der Waals surface area contributed by atoms with E-state index in [2.05, 4.69) is 42.2 Å². The van der Waals surface area contributed by atoms with Gasteiger partial charge in [0.2, 0.25) is 0 Å². The van der Waals surface area contributed by atoms with Crippen molar-refractivity contribution in [2.75, 3.05) is 36.8 Å². The van der Waals surface area contributed by atoms with Crippen molar-refractivity contribution in [3.63, 3.8) is 0 Å². The molecule has 2 N–H and O–H groups in total. The van der Waals surface area contributed by atoms with E-state index in [4.69, 9.17) is 5.73 Å². The summed E-state index contributed by atoms with van der Waals surface area (Å²) in [6.45, 7) is 5.29. The van der Waals surface area contributed by atoms with Gasteiger partial charge in [0.05, 0.1) is 11.9 Å². The van der Waals surface area contributed by atoms with Crippen LogP contribution in [-0.2, 0) is 6.54 Å². The van der Waals surface area contributed by atoms with Crippen LogP contribution in [0.2, 0.25) is 0 Å². The zero-order valence-corrected chi connectivity index (χ0v) is 13.5. The zero-order valence-electron chi connectivity index (χ0n) is 11.1. The Morgan fingerprint density at radius 1 is 1.25 bits per heavy atom. The molecule has 1 fully saturated rings. The summed E-state index contributed by atoms with van der Waals surface area (Å²) in [6, 6.07) is 6.13. The molecule has 0 amide bonds. The molecule has 0 atom stereocenters. The summed E-state index contributed by atoms with van der Waals surface area (Å²) in [5, 5.41) is 2.14. The molecule has 3 heterocycles. The number of nitrogens with two attached hydrogens (primary N) is 1. The standard InChI is InChI=1S/C14H17BrN4S/c15-11-7-13(20-10-11)9-18-3-5-19(6-4-18)12-1-2-14(16)17-8-12/h1-2,7-8,10H,3-6,9H2,(H2,16,17). The van der Waals surface area contributed by atoms with Gasteiger partial charge in [-0.3, -0.25) is 4.90 Å². The van der Waals surface area contributed by atoms with Gasteiger partial charge in [-0.1, -0.05) is 0 Å². The van der Waals surface area contributed by atoms with Gasteiger partial charge in [-0.15, -0.1) is 11.3 Å². The van der Waals surface area contributed by atoms with Gasteiger partial charge in [0.15, 0.2) is 0 Å². The molecule has 4 nitrogen and oxygen atoms in total. The molecular weight excluding hydrogens is 336 g/mol. The second-order valence-electron chi connectivity index (χ2n) is 4.94. The average molecular weight is 353 g/mol. The quantitative estimate of drug-likeness (QED) is 0.922. The molecule has 0 aliphatic carbocycles. The maximum atomic E-state index is 5.63.